The Kier molecular flexibility index (Phi) is 6.05. The highest BCUT2D eigenvalue weighted by atomic mass is 32.1. The smallest absolute Gasteiger partial charge is 0.355 e. The van der Waals surface area contributed by atoms with Crippen molar-refractivity contribution in [1.82, 2.24) is 10.3 Å². The number of amides is 1. The maximum atomic E-state index is 12.3. The fourth-order valence-corrected chi connectivity index (χ4v) is 2.66. The molecule has 128 valence electrons. The number of rotatable bonds is 8. The van der Waals surface area contributed by atoms with Gasteiger partial charge in [-0.05, 0) is 19.4 Å². The second-order valence-electron chi connectivity index (χ2n) is 5.98. The molecule has 0 radical (unpaired) electrons. The van der Waals surface area contributed by atoms with Gasteiger partial charge in [-0.1, -0.05) is 30.3 Å². The van der Waals surface area contributed by atoms with Gasteiger partial charge < -0.3 is 15.2 Å². The van der Waals surface area contributed by atoms with Crippen LogP contribution in [0.1, 0.15) is 34.9 Å². The minimum absolute atomic E-state index is 0.00490. The lowest BCUT2D eigenvalue weighted by atomic mass is 9.93. The van der Waals surface area contributed by atoms with Gasteiger partial charge in [-0.15, -0.1) is 11.3 Å². The van der Waals surface area contributed by atoms with E-state index in [0.29, 0.717) is 11.6 Å². The second kappa shape index (κ2) is 8.03. The summed E-state index contributed by atoms with van der Waals surface area (Å²) in [6.07, 6.45) is 0. The molecule has 2 N–H and O–H groups in total. The molecule has 6 nitrogen and oxygen atoms in total. The molecule has 0 saturated carbocycles. The minimum Gasteiger partial charge on any atom is -0.476 e. The number of carboxylic acids is 1. The van der Waals surface area contributed by atoms with E-state index < -0.39 is 11.4 Å². The zero-order valence-electron chi connectivity index (χ0n) is 13.6. The van der Waals surface area contributed by atoms with Gasteiger partial charge in [0.15, 0.2) is 5.69 Å². The first-order valence-electron chi connectivity index (χ1n) is 7.46. The van der Waals surface area contributed by atoms with E-state index in [9.17, 15) is 9.59 Å². The predicted octanol–water partition coefficient (Wildman–Crippen LogP) is 2.70. The number of carbonyl (C=O) groups excluding carboxylic acids is 1. The molecule has 0 unspecified atom stereocenters. The van der Waals surface area contributed by atoms with Crippen LogP contribution in [0.3, 0.4) is 0 Å². The summed E-state index contributed by atoms with van der Waals surface area (Å²) >= 11 is 1.21. The van der Waals surface area contributed by atoms with Gasteiger partial charge in [-0.3, -0.25) is 4.79 Å². The topological polar surface area (TPSA) is 88.5 Å². The molecule has 0 fully saturated rings. The van der Waals surface area contributed by atoms with Gasteiger partial charge >= 0.3 is 5.97 Å². The maximum absolute atomic E-state index is 12.3. The minimum atomic E-state index is -1.07. The van der Waals surface area contributed by atoms with E-state index in [4.69, 9.17) is 9.84 Å². The van der Waals surface area contributed by atoms with Gasteiger partial charge in [0.1, 0.15) is 5.01 Å². The largest absolute Gasteiger partial charge is 0.476 e. The Bertz CT molecular complexity index is 698. The molecule has 0 aliphatic heterocycles. The first kappa shape index (κ1) is 18.1. The summed E-state index contributed by atoms with van der Waals surface area (Å²) in [5.74, 6) is -1.24. The van der Waals surface area contributed by atoms with Gasteiger partial charge in [0, 0.05) is 5.38 Å². The Labute approximate surface area is 144 Å². The Morgan fingerprint density at radius 1 is 1.29 bits per heavy atom. The number of hydrogen-bond donors (Lipinski definition) is 2. The first-order chi connectivity index (χ1) is 11.4. The van der Waals surface area contributed by atoms with Crippen molar-refractivity contribution in [3.05, 3.63) is 52.0 Å². The molecule has 0 bridgehead atoms. The summed E-state index contributed by atoms with van der Waals surface area (Å²) in [5.41, 5.74) is 0.356. The summed E-state index contributed by atoms with van der Waals surface area (Å²) in [5, 5.41) is 13.6. The van der Waals surface area contributed by atoms with Crippen molar-refractivity contribution in [2.45, 2.75) is 27.0 Å². The summed E-state index contributed by atoms with van der Waals surface area (Å²) in [4.78, 5) is 27.0. The lowest BCUT2D eigenvalue weighted by Gasteiger charge is -2.23. The van der Waals surface area contributed by atoms with E-state index in [0.717, 1.165) is 5.56 Å². The lowest BCUT2D eigenvalue weighted by molar-refractivity contribution is -0.133. The Morgan fingerprint density at radius 3 is 2.62 bits per heavy atom. The molecule has 1 aromatic heterocycles. The molecule has 0 spiro atoms. The van der Waals surface area contributed by atoms with Crippen LogP contribution in [0.25, 0.3) is 0 Å². The Balaban J connectivity index is 1.79. The van der Waals surface area contributed by atoms with E-state index in [1.165, 1.54) is 16.7 Å². The predicted molar refractivity (Wildman–Crippen MR) is 90.8 cm³/mol. The fraction of sp³-hybridized carbons (Fsp3) is 0.353. The van der Waals surface area contributed by atoms with Crippen molar-refractivity contribution < 1.29 is 19.4 Å². The van der Waals surface area contributed by atoms with Crippen LogP contribution in [-0.2, 0) is 22.7 Å². The van der Waals surface area contributed by atoms with Crippen LogP contribution in [0, 0.1) is 5.41 Å². The third-order valence-corrected chi connectivity index (χ3v) is 4.21. The van der Waals surface area contributed by atoms with Crippen molar-refractivity contribution in [2.75, 3.05) is 6.61 Å². The molecule has 2 aromatic rings. The van der Waals surface area contributed by atoms with Crippen molar-refractivity contribution >= 4 is 23.2 Å². The normalized spacial score (nSPS) is 11.2. The number of benzene rings is 1. The quantitative estimate of drug-likeness (QED) is 0.766. The molecular weight excluding hydrogens is 328 g/mol. The molecule has 1 amide bonds. The molecule has 7 heteroatoms. The monoisotopic (exact) mass is 348 g/mol. The number of thiazole rings is 1. The highest BCUT2D eigenvalue weighted by Gasteiger charge is 2.28. The van der Waals surface area contributed by atoms with Gasteiger partial charge in [-0.2, -0.15) is 0 Å². The number of nitrogens with one attached hydrogen (secondary N) is 1. The van der Waals surface area contributed by atoms with Crippen molar-refractivity contribution in [1.29, 1.82) is 0 Å². The van der Waals surface area contributed by atoms with Gasteiger partial charge in [0.2, 0.25) is 5.91 Å². The van der Waals surface area contributed by atoms with Crippen LogP contribution in [0.15, 0.2) is 35.7 Å². The van der Waals surface area contributed by atoms with Crippen LogP contribution < -0.4 is 5.32 Å². The standard InChI is InChI=1S/C17H20N2O4S/c1-17(2,11-23-9-12-6-4-3-5-7-12)16(22)18-8-14-19-13(10-24-14)15(20)21/h3-7,10H,8-9,11H2,1-2H3,(H,18,22)(H,20,21). The SMILES string of the molecule is CC(C)(COCc1ccccc1)C(=O)NCc1nc(C(=O)O)cs1. The highest BCUT2D eigenvalue weighted by molar-refractivity contribution is 7.09. The van der Waals surface area contributed by atoms with E-state index >= 15 is 0 Å². The highest BCUT2D eigenvalue weighted by Crippen LogP contribution is 2.18. The summed E-state index contributed by atoms with van der Waals surface area (Å²) < 4.78 is 5.64. The zero-order valence-corrected chi connectivity index (χ0v) is 14.4. The Morgan fingerprint density at radius 2 is 2.00 bits per heavy atom. The van der Waals surface area contributed by atoms with Crippen molar-refractivity contribution in [3.63, 3.8) is 0 Å². The first-order valence-corrected chi connectivity index (χ1v) is 8.34. The van der Waals surface area contributed by atoms with Crippen LogP contribution in [-0.4, -0.2) is 28.6 Å². The average Bonchev–Trinajstić information content (AvgIpc) is 3.02. The number of aromatic carboxylic acids is 1. The molecule has 0 atom stereocenters. The Hall–Kier alpha value is -2.25. The fourth-order valence-electron chi connectivity index (χ4n) is 1.95. The maximum Gasteiger partial charge on any atom is 0.355 e. The molecule has 0 aliphatic carbocycles. The van der Waals surface area contributed by atoms with Crippen LogP contribution in [0.2, 0.25) is 0 Å². The molecule has 24 heavy (non-hydrogen) atoms. The number of aromatic nitrogens is 1. The van der Waals surface area contributed by atoms with E-state index in [-0.39, 0.29) is 24.8 Å². The molecular formula is C17H20N2O4S. The molecule has 1 aromatic carbocycles. The molecule has 2 rings (SSSR count). The van der Waals surface area contributed by atoms with E-state index in [1.54, 1.807) is 13.8 Å². The van der Waals surface area contributed by atoms with Gasteiger partial charge in [0.25, 0.3) is 0 Å². The van der Waals surface area contributed by atoms with Crippen LogP contribution in [0.4, 0.5) is 0 Å². The van der Waals surface area contributed by atoms with Crippen LogP contribution >= 0.6 is 11.3 Å². The van der Waals surface area contributed by atoms with Crippen molar-refractivity contribution in [2.24, 2.45) is 5.41 Å². The second-order valence-corrected chi connectivity index (χ2v) is 6.92. The van der Waals surface area contributed by atoms with E-state index in [2.05, 4.69) is 10.3 Å². The third kappa shape index (κ3) is 5.14. The molecule has 1 heterocycles. The van der Waals surface area contributed by atoms with Crippen LogP contribution in [0.5, 0.6) is 0 Å². The van der Waals surface area contributed by atoms with Crippen molar-refractivity contribution in [3.8, 4) is 0 Å². The number of carbonyl (C=O) groups is 2. The third-order valence-electron chi connectivity index (χ3n) is 3.36. The molecule has 0 aliphatic rings. The lowest BCUT2D eigenvalue weighted by Crippen LogP contribution is -2.39. The average molecular weight is 348 g/mol. The number of hydrogen-bond acceptors (Lipinski definition) is 5. The number of nitrogens with zero attached hydrogens (tertiary/aromatic N) is 1. The van der Waals surface area contributed by atoms with Gasteiger partial charge in [0.05, 0.1) is 25.2 Å². The number of carboxylic acid groups (broad SMARTS) is 1. The van der Waals surface area contributed by atoms with Gasteiger partial charge in [-0.25, -0.2) is 9.78 Å². The summed E-state index contributed by atoms with van der Waals surface area (Å²) in [6.45, 7) is 4.55. The van der Waals surface area contributed by atoms with E-state index in [1.807, 2.05) is 30.3 Å². The summed E-state index contributed by atoms with van der Waals surface area (Å²) in [6, 6.07) is 9.76. The number of ether oxygens (including phenoxy) is 1. The zero-order chi connectivity index (χ0) is 17.6. The summed E-state index contributed by atoms with van der Waals surface area (Å²) in [7, 11) is 0. The molecule has 0 saturated heterocycles.